The molecule has 0 spiro atoms. The van der Waals surface area contributed by atoms with E-state index in [9.17, 15) is 0 Å². The summed E-state index contributed by atoms with van der Waals surface area (Å²) in [5, 5.41) is 3.30. The van der Waals surface area contributed by atoms with E-state index in [1.165, 1.54) is 0 Å². The van der Waals surface area contributed by atoms with Crippen molar-refractivity contribution < 1.29 is 4.42 Å². The van der Waals surface area contributed by atoms with Crippen molar-refractivity contribution in [1.82, 2.24) is 4.98 Å². The molecular formula is C13H15N3OS. The maximum atomic E-state index is 5.54. The summed E-state index contributed by atoms with van der Waals surface area (Å²) in [6, 6.07) is 7.65. The average molecular weight is 261 g/mol. The molecule has 0 saturated heterocycles. The number of oxazole rings is 1. The van der Waals surface area contributed by atoms with Gasteiger partial charge in [-0.15, -0.1) is 0 Å². The van der Waals surface area contributed by atoms with Gasteiger partial charge in [0.2, 0.25) is 5.89 Å². The second-order valence-corrected chi connectivity index (χ2v) is 4.56. The fourth-order valence-corrected chi connectivity index (χ4v) is 1.75. The van der Waals surface area contributed by atoms with Gasteiger partial charge >= 0.3 is 0 Å². The highest BCUT2D eigenvalue weighted by Crippen LogP contribution is 2.19. The number of nitrogens with two attached hydrogens (primary N) is 1. The molecule has 1 aromatic heterocycles. The van der Waals surface area contributed by atoms with E-state index >= 15 is 0 Å². The Bertz CT molecular complexity index is 548. The molecule has 1 atom stereocenters. The topological polar surface area (TPSA) is 64.1 Å². The van der Waals surface area contributed by atoms with E-state index in [1.54, 1.807) is 6.20 Å². The van der Waals surface area contributed by atoms with Crippen molar-refractivity contribution in [3.05, 3.63) is 47.7 Å². The second kappa shape index (κ2) is 5.18. The first-order valence-corrected chi connectivity index (χ1v) is 6.06. The Kier molecular flexibility index (Phi) is 3.62. The molecule has 94 valence electrons. The van der Waals surface area contributed by atoms with Crippen LogP contribution >= 0.6 is 12.2 Å². The lowest BCUT2D eigenvalue weighted by Gasteiger charge is -2.12. The second-order valence-electron chi connectivity index (χ2n) is 4.12. The van der Waals surface area contributed by atoms with Gasteiger partial charge in [0.25, 0.3) is 0 Å². The smallest absolute Gasteiger partial charge is 0.216 e. The van der Waals surface area contributed by atoms with Gasteiger partial charge in [-0.05, 0) is 38.1 Å². The number of hydrogen-bond donors (Lipinski definition) is 2. The third-order valence-electron chi connectivity index (χ3n) is 2.56. The van der Waals surface area contributed by atoms with E-state index in [0.717, 1.165) is 17.0 Å². The van der Waals surface area contributed by atoms with E-state index in [-0.39, 0.29) is 6.04 Å². The Morgan fingerprint density at radius 1 is 1.39 bits per heavy atom. The molecule has 2 aromatic rings. The number of rotatable bonds is 4. The van der Waals surface area contributed by atoms with Crippen molar-refractivity contribution in [2.45, 2.75) is 19.9 Å². The van der Waals surface area contributed by atoms with Gasteiger partial charge in [-0.25, -0.2) is 4.98 Å². The minimum absolute atomic E-state index is 0.00868. The summed E-state index contributed by atoms with van der Waals surface area (Å²) in [4.78, 5) is 4.59. The van der Waals surface area contributed by atoms with Crippen LogP contribution < -0.4 is 11.1 Å². The first-order chi connectivity index (χ1) is 8.56. The molecule has 5 heteroatoms. The van der Waals surface area contributed by atoms with Gasteiger partial charge < -0.3 is 15.5 Å². The molecule has 3 N–H and O–H groups in total. The Morgan fingerprint density at radius 2 is 2.06 bits per heavy atom. The molecule has 0 amide bonds. The van der Waals surface area contributed by atoms with Crippen molar-refractivity contribution >= 4 is 22.9 Å². The van der Waals surface area contributed by atoms with E-state index in [4.69, 9.17) is 22.4 Å². The molecule has 1 heterocycles. The van der Waals surface area contributed by atoms with Crippen LogP contribution in [0.1, 0.15) is 30.2 Å². The Balaban J connectivity index is 2.07. The van der Waals surface area contributed by atoms with Crippen molar-refractivity contribution in [3.63, 3.8) is 0 Å². The third kappa shape index (κ3) is 2.87. The molecule has 4 nitrogen and oxygen atoms in total. The predicted molar refractivity (Wildman–Crippen MR) is 75.6 cm³/mol. The van der Waals surface area contributed by atoms with Gasteiger partial charge in [0, 0.05) is 11.3 Å². The van der Waals surface area contributed by atoms with Crippen molar-refractivity contribution in [1.29, 1.82) is 0 Å². The molecule has 0 aliphatic rings. The molecule has 0 aliphatic carbocycles. The maximum Gasteiger partial charge on any atom is 0.216 e. The van der Waals surface area contributed by atoms with Gasteiger partial charge in [0.15, 0.2) is 0 Å². The molecule has 2 rings (SSSR count). The molecule has 0 fully saturated rings. The zero-order valence-electron chi connectivity index (χ0n) is 10.3. The fraction of sp³-hybridized carbons (Fsp3) is 0.231. The van der Waals surface area contributed by atoms with Crippen LogP contribution in [0.3, 0.4) is 0 Å². The van der Waals surface area contributed by atoms with E-state index < -0.39 is 0 Å². The minimum Gasteiger partial charge on any atom is -0.444 e. The van der Waals surface area contributed by atoms with Gasteiger partial charge in [0.1, 0.15) is 16.8 Å². The molecule has 18 heavy (non-hydrogen) atoms. The minimum atomic E-state index is 0.00868. The molecule has 0 radical (unpaired) electrons. The number of benzene rings is 1. The summed E-state index contributed by atoms with van der Waals surface area (Å²) in [5.74, 6) is 1.48. The third-order valence-corrected chi connectivity index (χ3v) is 2.80. The van der Waals surface area contributed by atoms with Crippen LogP contribution in [-0.2, 0) is 0 Å². The van der Waals surface area contributed by atoms with Crippen LogP contribution in [0.2, 0.25) is 0 Å². The van der Waals surface area contributed by atoms with Crippen molar-refractivity contribution in [2.75, 3.05) is 5.32 Å². The number of hydrogen-bond acceptors (Lipinski definition) is 4. The summed E-state index contributed by atoms with van der Waals surface area (Å²) < 4.78 is 5.47. The van der Waals surface area contributed by atoms with Crippen molar-refractivity contribution in [2.24, 2.45) is 5.73 Å². The molecular weight excluding hydrogens is 246 g/mol. The Morgan fingerprint density at radius 3 is 2.56 bits per heavy atom. The standard InChI is InChI=1S/C13H15N3OS/c1-8-7-15-13(17-8)9(2)16-11-5-3-10(4-6-11)12(14)18/h3-7,9,16H,1-2H3,(H2,14,18). The van der Waals surface area contributed by atoms with E-state index in [0.29, 0.717) is 10.9 Å². The molecule has 0 aliphatic heterocycles. The fourth-order valence-electron chi connectivity index (χ4n) is 1.61. The van der Waals surface area contributed by atoms with Crippen LogP contribution in [-0.4, -0.2) is 9.97 Å². The average Bonchev–Trinajstić information content (AvgIpc) is 2.76. The lowest BCUT2D eigenvalue weighted by atomic mass is 10.2. The number of aryl methyl sites for hydroxylation is 1. The lowest BCUT2D eigenvalue weighted by molar-refractivity contribution is 0.454. The molecule has 0 saturated carbocycles. The van der Waals surface area contributed by atoms with Crippen LogP contribution in [0.25, 0.3) is 0 Å². The molecule has 1 aromatic carbocycles. The van der Waals surface area contributed by atoms with E-state index in [2.05, 4.69) is 10.3 Å². The Hall–Kier alpha value is -1.88. The summed E-state index contributed by atoms with van der Waals surface area (Å²) in [7, 11) is 0. The van der Waals surface area contributed by atoms with Crippen LogP contribution in [0.4, 0.5) is 5.69 Å². The van der Waals surface area contributed by atoms with Crippen LogP contribution in [0.5, 0.6) is 0 Å². The highest BCUT2D eigenvalue weighted by molar-refractivity contribution is 7.80. The first kappa shape index (κ1) is 12.6. The highest BCUT2D eigenvalue weighted by Gasteiger charge is 2.10. The maximum absolute atomic E-state index is 5.54. The summed E-state index contributed by atoms with van der Waals surface area (Å²) >= 11 is 4.90. The lowest BCUT2D eigenvalue weighted by Crippen LogP contribution is -2.10. The number of nitrogens with zero attached hydrogens (tertiary/aromatic N) is 1. The zero-order chi connectivity index (χ0) is 13.1. The number of anilines is 1. The summed E-state index contributed by atoms with van der Waals surface area (Å²) in [5.41, 5.74) is 7.37. The number of nitrogens with one attached hydrogen (secondary N) is 1. The SMILES string of the molecule is Cc1cnc(C(C)Nc2ccc(C(N)=S)cc2)o1. The predicted octanol–water partition coefficient (Wildman–Crippen LogP) is 2.79. The summed E-state index contributed by atoms with van der Waals surface area (Å²) in [6.07, 6.45) is 1.71. The van der Waals surface area contributed by atoms with Crippen LogP contribution in [0, 0.1) is 6.92 Å². The molecule has 1 unspecified atom stereocenters. The van der Waals surface area contributed by atoms with Gasteiger partial charge in [-0.1, -0.05) is 12.2 Å². The largest absolute Gasteiger partial charge is 0.444 e. The van der Waals surface area contributed by atoms with Gasteiger partial charge in [-0.2, -0.15) is 0 Å². The van der Waals surface area contributed by atoms with Gasteiger partial charge in [0.05, 0.1) is 6.20 Å². The zero-order valence-corrected chi connectivity index (χ0v) is 11.1. The number of thiocarbonyl (C=S) groups is 1. The first-order valence-electron chi connectivity index (χ1n) is 5.65. The quantitative estimate of drug-likeness (QED) is 0.829. The van der Waals surface area contributed by atoms with Gasteiger partial charge in [-0.3, -0.25) is 0 Å². The van der Waals surface area contributed by atoms with Crippen LogP contribution in [0.15, 0.2) is 34.9 Å². The highest BCUT2D eigenvalue weighted by atomic mass is 32.1. The Labute approximate surface area is 111 Å². The van der Waals surface area contributed by atoms with E-state index in [1.807, 2.05) is 38.1 Å². The normalized spacial score (nSPS) is 12.1. The molecule has 0 bridgehead atoms. The summed E-state index contributed by atoms with van der Waals surface area (Å²) in [6.45, 7) is 3.87. The number of aromatic nitrogens is 1. The monoisotopic (exact) mass is 261 g/mol. The van der Waals surface area contributed by atoms with Crippen molar-refractivity contribution in [3.8, 4) is 0 Å².